The Balaban J connectivity index is 1.48. The van der Waals surface area contributed by atoms with Gasteiger partial charge < -0.3 is 15.8 Å². The number of hydrogen-bond donors (Lipinski definition) is 2. The predicted molar refractivity (Wildman–Crippen MR) is 116 cm³/mol. The number of hydrogen-bond acceptors (Lipinski definition) is 6. The molecule has 1 heterocycles. The van der Waals surface area contributed by atoms with Gasteiger partial charge in [-0.1, -0.05) is 13.3 Å². The quantitative estimate of drug-likeness (QED) is 0.638. The molecule has 2 bridgehead atoms. The summed E-state index contributed by atoms with van der Waals surface area (Å²) in [5.41, 5.74) is 6.23. The molecular weight excluding hydrogens is 402 g/mol. The van der Waals surface area contributed by atoms with Crippen molar-refractivity contribution in [3.05, 3.63) is 17.7 Å². The van der Waals surface area contributed by atoms with Crippen LogP contribution >= 0.6 is 0 Å². The summed E-state index contributed by atoms with van der Waals surface area (Å²) < 4.78 is 30.0. The monoisotopic (exact) mass is 435 g/mol. The molecule has 0 spiro atoms. The standard InChI is InChI=1S/C22H33N3O4S/c1-3-30(27,28)21-11-17(20(29-2)12-18(21)23)22(26)24-13-16-5-4-8-25(16)19-10-14-6-7-15(19)9-14/h11-12,14-16,19H,3-10,13,23H2,1-2H3,(H,24,26). The molecule has 0 radical (unpaired) electrons. The Hall–Kier alpha value is -1.80. The summed E-state index contributed by atoms with van der Waals surface area (Å²) in [6.07, 6.45) is 7.66. The molecule has 166 valence electrons. The molecule has 8 heteroatoms. The van der Waals surface area contributed by atoms with Gasteiger partial charge in [-0.05, 0) is 56.6 Å². The van der Waals surface area contributed by atoms with E-state index in [4.69, 9.17) is 10.5 Å². The van der Waals surface area contributed by atoms with E-state index in [2.05, 4.69) is 10.2 Å². The number of sulfone groups is 1. The third kappa shape index (κ3) is 3.91. The molecule has 3 N–H and O–H groups in total. The highest BCUT2D eigenvalue weighted by Gasteiger charge is 2.45. The minimum Gasteiger partial charge on any atom is -0.496 e. The van der Waals surface area contributed by atoms with Gasteiger partial charge in [0, 0.05) is 24.7 Å². The van der Waals surface area contributed by atoms with E-state index in [0.717, 1.165) is 24.8 Å². The first-order chi connectivity index (χ1) is 14.3. The topological polar surface area (TPSA) is 102 Å². The van der Waals surface area contributed by atoms with Crippen molar-refractivity contribution in [2.24, 2.45) is 11.8 Å². The van der Waals surface area contributed by atoms with Crippen molar-refractivity contribution in [1.29, 1.82) is 0 Å². The number of benzene rings is 1. The smallest absolute Gasteiger partial charge is 0.255 e. The number of amides is 1. The van der Waals surface area contributed by atoms with Crippen LogP contribution < -0.4 is 15.8 Å². The molecule has 0 aromatic heterocycles. The lowest BCUT2D eigenvalue weighted by Gasteiger charge is -2.36. The molecule has 4 atom stereocenters. The summed E-state index contributed by atoms with van der Waals surface area (Å²) in [6.45, 7) is 3.23. The van der Waals surface area contributed by atoms with Crippen molar-refractivity contribution in [3.8, 4) is 5.75 Å². The fraction of sp³-hybridized carbons (Fsp3) is 0.682. The number of carbonyl (C=O) groups is 1. The molecule has 7 nitrogen and oxygen atoms in total. The lowest BCUT2D eigenvalue weighted by atomic mass is 9.93. The summed E-state index contributed by atoms with van der Waals surface area (Å²) in [7, 11) is -2.08. The van der Waals surface area contributed by atoms with E-state index in [0.29, 0.717) is 18.6 Å². The Morgan fingerprint density at radius 3 is 2.70 bits per heavy atom. The molecule has 3 fully saturated rings. The van der Waals surface area contributed by atoms with Crippen molar-refractivity contribution < 1.29 is 17.9 Å². The zero-order chi connectivity index (χ0) is 21.5. The van der Waals surface area contributed by atoms with Gasteiger partial charge in [-0.25, -0.2) is 8.42 Å². The van der Waals surface area contributed by atoms with Crippen LogP contribution in [0.1, 0.15) is 55.8 Å². The van der Waals surface area contributed by atoms with Gasteiger partial charge in [-0.15, -0.1) is 0 Å². The number of likely N-dealkylation sites (tertiary alicyclic amines) is 1. The summed E-state index contributed by atoms with van der Waals surface area (Å²) in [5.74, 6) is 1.61. The lowest BCUT2D eigenvalue weighted by Crippen LogP contribution is -2.47. The first-order valence-corrected chi connectivity index (χ1v) is 12.7. The van der Waals surface area contributed by atoms with Gasteiger partial charge in [0.15, 0.2) is 9.84 Å². The first-order valence-electron chi connectivity index (χ1n) is 11.1. The molecule has 1 saturated heterocycles. The van der Waals surface area contributed by atoms with Gasteiger partial charge in [0.05, 0.1) is 29.0 Å². The number of nitrogen functional groups attached to an aromatic ring is 1. The van der Waals surface area contributed by atoms with Crippen molar-refractivity contribution in [1.82, 2.24) is 10.2 Å². The number of nitrogens with zero attached hydrogens (tertiary/aromatic N) is 1. The number of nitrogens with two attached hydrogens (primary N) is 1. The maximum absolute atomic E-state index is 13.0. The fourth-order valence-corrected chi connectivity index (χ4v) is 6.81. The minimum absolute atomic E-state index is 0.0135. The van der Waals surface area contributed by atoms with Crippen LogP contribution in [0.15, 0.2) is 17.0 Å². The predicted octanol–water partition coefficient (Wildman–Crippen LogP) is 2.45. The number of anilines is 1. The third-order valence-corrected chi connectivity index (χ3v) is 9.12. The molecule has 1 aromatic carbocycles. The van der Waals surface area contributed by atoms with Crippen molar-refractivity contribution in [2.75, 3.05) is 31.7 Å². The molecule has 4 unspecified atom stereocenters. The molecule has 30 heavy (non-hydrogen) atoms. The first kappa shape index (κ1) is 21.4. The average Bonchev–Trinajstić information content (AvgIpc) is 3.48. The number of rotatable bonds is 7. The van der Waals surface area contributed by atoms with Crippen LogP contribution in [-0.2, 0) is 9.84 Å². The maximum atomic E-state index is 13.0. The normalized spacial score (nSPS) is 28.7. The minimum atomic E-state index is -3.53. The van der Waals surface area contributed by atoms with Crippen LogP contribution in [0.2, 0.25) is 0 Å². The number of fused-ring (bicyclic) bond motifs is 2. The second-order valence-electron chi connectivity index (χ2n) is 8.98. The molecule has 1 amide bonds. The van der Waals surface area contributed by atoms with E-state index in [-0.39, 0.29) is 33.6 Å². The van der Waals surface area contributed by atoms with Gasteiger partial charge in [-0.3, -0.25) is 9.69 Å². The van der Waals surface area contributed by atoms with E-state index >= 15 is 0 Å². The van der Waals surface area contributed by atoms with Crippen molar-refractivity contribution in [3.63, 3.8) is 0 Å². The molecule has 1 aromatic rings. The number of carbonyl (C=O) groups excluding carboxylic acids is 1. The highest BCUT2D eigenvalue weighted by molar-refractivity contribution is 7.91. The summed E-state index contributed by atoms with van der Waals surface area (Å²) in [5, 5.41) is 3.03. The highest BCUT2D eigenvalue weighted by atomic mass is 32.2. The Labute approximate surface area is 179 Å². The van der Waals surface area contributed by atoms with E-state index in [9.17, 15) is 13.2 Å². The van der Waals surface area contributed by atoms with Crippen LogP contribution in [0.3, 0.4) is 0 Å². The zero-order valence-electron chi connectivity index (χ0n) is 17.9. The number of methoxy groups -OCH3 is 1. The fourth-order valence-electron chi connectivity index (χ4n) is 5.78. The Morgan fingerprint density at radius 1 is 1.27 bits per heavy atom. The number of nitrogens with one attached hydrogen (secondary N) is 1. The van der Waals surface area contributed by atoms with Crippen LogP contribution in [-0.4, -0.2) is 57.3 Å². The third-order valence-electron chi connectivity index (χ3n) is 7.34. The molecule has 1 aliphatic heterocycles. The SMILES string of the molecule is CCS(=O)(=O)c1cc(C(=O)NCC2CCCN2C2CC3CCC2C3)c(OC)cc1N. The Bertz CT molecular complexity index is 917. The largest absolute Gasteiger partial charge is 0.496 e. The van der Waals surface area contributed by atoms with E-state index < -0.39 is 9.84 Å². The van der Waals surface area contributed by atoms with Gasteiger partial charge in [-0.2, -0.15) is 0 Å². The average molecular weight is 436 g/mol. The maximum Gasteiger partial charge on any atom is 0.255 e. The van der Waals surface area contributed by atoms with Gasteiger partial charge in [0.2, 0.25) is 0 Å². The second kappa shape index (κ2) is 8.38. The van der Waals surface area contributed by atoms with Crippen LogP contribution in [0, 0.1) is 11.8 Å². The lowest BCUT2D eigenvalue weighted by molar-refractivity contribution is 0.0909. The summed E-state index contributed by atoms with van der Waals surface area (Å²) in [6, 6.07) is 3.79. The summed E-state index contributed by atoms with van der Waals surface area (Å²) in [4.78, 5) is 15.6. The van der Waals surface area contributed by atoms with Crippen LogP contribution in [0.25, 0.3) is 0 Å². The van der Waals surface area contributed by atoms with Gasteiger partial charge in [0.1, 0.15) is 5.75 Å². The van der Waals surface area contributed by atoms with Crippen LogP contribution in [0.5, 0.6) is 5.75 Å². The zero-order valence-corrected chi connectivity index (χ0v) is 18.7. The Kier molecular flexibility index (Phi) is 5.99. The molecule has 2 saturated carbocycles. The van der Waals surface area contributed by atoms with Crippen molar-refractivity contribution in [2.45, 2.75) is 62.4 Å². The van der Waals surface area contributed by atoms with E-state index in [1.165, 1.54) is 51.3 Å². The van der Waals surface area contributed by atoms with Crippen LogP contribution in [0.4, 0.5) is 5.69 Å². The van der Waals surface area contributed by atoms with Crippen molar-refractivity contribution >= 4 is 21.4 Å². The summed E-state index contributed by atoms with van der Waals surface area (Å²) >= 11 is 0. The molecule has 2 aliphatic carbocycles. The molecule has 3 aliphatic rings. The van der Waals surface area contributed by atoms with E-state index in [1.807, 2.05) is 0 Å². The van der Waals surface area contributed by atoms with Gasteiger partial charge >= 0.3 is 0 Å². The van der Waals surface area contributed by atoms with E-state index in [1.54, 1.807) is 6.92 Å². The second-order valence-corrected chi connectivity index (χ2v) is 11.2. The van der Waals surface area contributed by atoms with Gasteiger partial charge in [0.25, 0.3) is 5.91 Å². The Morgan fingerprint density at radius 2 is 2.07 bits per heavy atom. The molecule has 4 rings (SSSR count). The highest BCUT2D eigenvalue weighted by Crippen LogP contribution is 2.48. The molecular formula is C22H33N3O4S. The number of ether oxygens (including phenoxy) is 1.